The molecule has 0 bridgehead atoms. The molecular formula is C23H29N7O. The lowest BCUT2D eigenvalue weighted by Gasteiger charge is -2.31. The molecule has 8 heteroatoms. The number of aromatic nitrogens is 1. The number of hydrogen-bond donors (Lipinski definition) is 4. The fourth-order valence-electron chi connectivity index (χ4n) is 3.97. The molecule has 2 aliphatic heterocycles. The van der Waals surface area contributed by atoms with Crippen molar-refractivity contribution in [3.63, 3.8) is 0 Å². The molecule has 0 saturated carbocycles. The Morgan fingerprint density at radius 2 is 1.97 bits per heavy atom. The van der Waals surface area contributed by atoms with Crippen molar-refractivity contribution in [3.05, 3.63) is 59.8 Å². The molecule has 5 N–H and O–H groups in total. The summed E-state index contributed by atoms with van der Waals surface area (Å²) in [6.45, 7) is 3.55. The number of hydrogen-bond acceptors (Lipinski definition) is 5. The van der Waals surface area contributed by atoms with E-state index in [1.165, 1.54) is 5.57 Å². The SMILES string of the molecule is CN(C(=O)c1ccc(NC(N)=Nc2ncccc2C2=CCNC2)cc1)C1CCNCC1. The second-order valence-electron chi connectivity index (χ2n) is 7.83. The number of piperidine rings is 1. The molecule has 2 aromatic rings. The topological polar surface area (TPSA) is 108 Å². The maximum atomic E-state index is 12.8. The van der Waals surface area contributed by atoms with E-state index < -0.39 is 0 Å². The second kappa shape index (κ2) is 9.72. The Bertz CT molecular complexity index is 978. The monoisotopic (exact) mass is 419 g/mol. The van der Waals surface area contributed by atoms with Crippen LogP contribution in [-0.2, 0) is 0 Å². The molecule has 162 valence electrons. The van der Waals surface area contributed by atoms with Gasteiger partial charge < -0.3 is 26.6 Å². The van der Waals surface area contributed by atoms with Gasteiger partial charge >= 0.3 is 0 Å². The summed E-state index contributed by atoms with van der Waals surface area (Å²) in [5, 5.41) is 9.70. The van der Waals surface area contributed by atoms with Crippen molar-refractivity contribution in [1.29, 1.82) is 0 Å². The van der Waals surface area contributed by atoms with E-state index in [0.29, 0.717) is 11.4 Å². The van der Waals surface area contributed by atoms with Crippen molar-refractivity contribution in [2.75, 3.05) is 38.5 Å². The van der Waals surface area contributed by atoms with Crippen molar-refractivity contribution >= 4 is 28.9 Å². The van der Waals surface area contributed by atoms with Gasteiger partial charge in [-0.3, -0.25) is 4.79 Å². The molecule has 1 aromatic heterocycles. The fourth-order valence-corrected chi connectivity index (χ4v) is 3.97. The lowest BCUT2D eigenvalue weighted by atomic mass is 10.0. The number of nitrogens with two attached hydrogens (primary N) is 1. The van der Waals surface area contributed by atoms with E-state index in [4.69, 9.17) is 5.73 Å². The largest absolute Gasteiger partial charge is 0.369 e. The van der Waals surface area contributed by atoms with Gasteiger partial charge in [-0.25, -0.2) is 4.98 Å². The quantitative estimate of drug-likeness (QED) is 0.436. The van der Waals surface area contributed by atoms with E-state index in [9.17, 15) is 4.79 Å². The molecule has 3 heterocycles. The highest BCUT2D eigenvalue weighted by molar-refractivity contribution is 5.97. The van der Waals surface area contributed by atoms with Gasteiger partial charge in [0.05, 0.1) is 0 Å². The molecule has 1 saturated heterocycles. The first kappa shape index (κ1) is 21.0. The highest BCUT2D eigenvalue weighted by atomic mass is 16.2. The molecular weight excluding hydrogens is 390 g/mol. The molecule has 0 atom stereocenters. The summed E-state index contributed by atoms with van der Waals surface area (Å²) in [7, 11) is 1.88. The van der Waals surface area contributed by atoms with E-state index in [2.05, 4.69) is 32.0 Å². The summed E-state index contributed by atoms with van der Waals surface area (Å²) >= 11 is 0. The third-order valence-corrected chi connectivity index (χ3v) is 5.75. The molecule has 4 rings (SSSR count). The number of nitrogens with one attached hydrogen (secondary N) is 3. The van der Waals surface area contributed by atoms with Crippen LogP contribution in [0.1, 0.15) is 28.8 Å². The summed E-state index contributed by atoms with van der Waals surface area (Å²) in [6.07, 6.45) is 5.81. The van der Waals surface area contributed by atoms with Crippen LogP contribution in [0.5, 0.6) is 0 Å². The third-order valence-electron chi connectivity index (χ3n) is 5.75. The molecule has 31 heavy (non-hydrogen) atoms. The van der Waals surface area contributed by atoms with Gasteiger partial charge in [-0.05, 0) is 67.9 Å². The van der Waals surface area contributed by atoms with Gasteiger partial charge in [0.1, 0.15) is 0 Å². The third kappa shape index (κ3) is 5.10. The first-order valence-corrected chi connectivity index (χ1v) is 10.7. The van der Waals surface area contributed by atoms with Crippen LogP contribution in [0.4, 0.5) is 11.5 Å². The Hall–Kier alpha value is -3.23. The number of guanidine groups is 1. The van der Waals surface area contributed by atoms with Gasteiger partial charge in [0.25, 0.3) is 5.91 Å². The number of nitrogens with zero attached hydrogens (tertiary/aromatic N) is 3. The first-order valence-electron chi connectivity index (χ1n) is 10.7. The maximum Gasteiger partial charge on any atom is 0.253 e. The number of aliphatic imine (C=N–C) groups is 1. The Morgan fingerprint density at radius 3 is 2.68 bits per heavy atom. The van der Waals surface area contributed by atoms with Crippen LogP contribution >= 0.6 is 0 Å². The van der Waals surface area contributed by atoms with Crippen LogP contribution in [0.2, 0.25) is 0 Å². The number of rotatable bonds is 5. The van der Waals surface area contributed by atoms with Crippen LogP contribution in [0, 0.1) is 0 Å². The molecule has 1 amide bonds. The van der Waals surface area contributed by atoms with Crippen molar-refractivity contribution in [1.82, 2.24) is 20.5 Å². The van der Waals surface area contributed by atoms with Gasteiger partial charge in [0.2, 0.25) is 0 Å². The Balaban J connectivity index is 1.43. The standard InChI is InChI=1S/C23H29N7O/c1-30(19-9-13-25-14-10-19)22(31)16-4-6-18(7-5-16)28-23(24)29-21-20(3-2-11-27-21)17-8-12-26-15-17/h2-8,11,19,25-26H,9-10,12-15H2,1H3,(H3,24,27,28,29). The molecule has 1 aromatic carbocycles. The van der Waals surface area contributed by atoms with Gasteiger partial charge in [0.15, 0.2) is 11.8 Å². The Labute approximate surface area is 182 Å². The van der Waals surface area contributed by atoms with Gasteiger partial charge in [-0.1, -0.05) is 6.08 Å². The van der Waals surface area contributed by atoms with Gasteiger partial charge in [-0.15, -0.1) is 0 Å². The molecule has 1 fully saturated rings. The van der Waals surface area contributed by atoms with E-state index in [0.717, 1.165) is 50.3 Å². The summed E-state index contributed by atoms with van der Waals surface area (Å²) in [5.41, 5.74) is 9.70. The predicted molar refractivity (Wildman–Crippen MR) is 124 cm³/mol. The molecule has 0 unspecified atom stereocenters. The Morgan fingerprint density at radius 1 is 1.19 bits per heavy atom. The highest BCUT2D eigenvalue weighted by Crippen LogP contribution is 2.25. The van der Waals surface area contributed by atoms with Crippen molar-refractivity contribution in [2.45, 2.75) is 18.9 Å². The van der Waals surface area contributed by atoms with E-state index >= 15 is 0 Å². The highest BCUT2D eigenvalue weighted by Gasteiger charge is 2.22. The lowest BCUT2D eigenvalue weighted by molar-refractivity contribution is 0.0703. The number of benzene rings is 1. The number of amides is 1. The molecule has 0 spiro atoms. The minimum absolute atomic E-state index is 0.0386. The molecule has 0 aliphatic carbocycles. The van der Waals surface area contributed by atoms with E-state index in [1.54, 1.807) is 6.20 Å². The summed E-state index contributed by atoms with van der Waals surface area (Å²) in [4.78, 5) is 23.5. The number of carbonyl (C=O) groups excluding carboxylic acids is 1. The fraction of sp³-hybridized carbons (Fsp3) is 0.348. The first-order chi connectivity index (χ1) is 15.1. The maximum absolute atomic E-state index is 12.8. The normalized spacial score (nSPS) is 17.3. The average Bonchev–Trinajstić information content (AvgIpc) is 3.34. The summed E-state index contributed by atoms with van der Waals surface area (Å²) < 4.78 is 0. The van der Waals surface area contributed by atoms with Crippen molar-refractivity contribution in [2.24, 2.45) is 10.7 Å². The minimum Gasteiger partial charge on any atom is -0.369 e. The van der Waals surface area contributed by atoms with Crippen LogP contribution in [0.3, 0.4) is 0 Å². The van der Waals surface area contributed by atoms with Crippen molar-refractivity contribution in [3.8, 4) is 0 Å². The van der Waals surface area contributed by atoms with Crippen LogP contribution in [-0.4, -0.2) is 61.0 Å². The van der Waals surface area contributed by atoms with E-state index in [-0.39, 0.29) is 17.9 Å². The summed E-state index contributed by atoms with van der Waals surface area (Å²) in [6, 6.07) is 11.5. The zero-order valence-corrected chi connectivity index (χ0v) is 17.8. The average molecular weight is 420 g/mol. The molecule has 0 radical (unpaired) electrons. The zero-order chi connectivity index (χ0) is 21.6. The smallest absolute Gasteiger partial charge is 0.253 e. The van der Waals surface area contributed by atoms with Crippen molar-refractivity contribution < 1.29 is 4.79 Å². The van der Waals surface area contributed by atoms with Gasteiger partial charge in [0, 0.05) is 49.2 Å². The molecule has 8 nitrogen and oxygen atoms in total. The number of anilines is 1. The Kier molecular flexibility index (Phi) is 6.59. The number of carbonyl (C=O) groups is 1. The van der Waals surface area contributed by atoms with Crippen LogP contribution < -0.4 is 21.7 Å². The minimum atomic E-state index is 0.0386. The predicted octanol–water partition coefficient (Wildman–Crippen LogP) is 1.95. The number of pyridine rings is 1. The second-order valence-corrected chi connectivity index (χ2v) is 7.83. The van der Waals surface area contributed by atoms with Crippen LogP contribution in [0.25, 0.3) is 5.57 Å². The lowest BCUT2D eigenvalue weighted by Crippen LogP contribution is -2.43. The zero-order valence-electron chi connectivity index (χ0n) is 17.8. The van der Waals surface area contributed by atoms with Crippen LogP contribution in [0.15, 0.2) is 53.7 Å². The molecule has 2 aliphatic rings. The van der Waals surface area contributed by atoms with Gasteiger partial charge in [-0.2, -0.15) is 4.99 Å². The summed E-state index contributed by atoms with van der Waals surface area (Å²) in [5.74, 6) is 0.868. The van der Waals surface area contributed by atoms with E-state index in [1.807, 2.05) is 48.3 Å².